The highest BCUT2D eigenvalue weighted by Gasteiger charge is 2.16. The van der Waals surface area contributed by atoms with Crippen LogP contribution in [0.15, 0.2) is 11.4 Å². The molecular formula is C9H12N2OS. The van der Waals surface area contributed by atoms with E-state index in [2.05, 4.69) is 16.9 Å². The Morgan fingerprint density at radius 2 is 2.38 bits per heavy atom. The normalized spacial score (nSPS) is 13.0. The number of nitrogens with zero attached hydrogens (tertiary/aromatic N) is 2. The zero-order valence-corrected chi connectivity index (χ0v) is 8.43. The number of aromatic nitrogens is 2. The smallest absolute Gasteiger partial charge is 0.235 e. The molecular weight excluding hydrogens is 184 g/mol. The van der Waals surface area contributed by atoms with Gasteiger partial charge in [-0.2, -0.15) is 4.98 Å². The molecule has 0 radical (unpaired) electrons. The van der Waals surface area contributed by atoms with Gasteiger partial charge in [0.1, 0.15) is 12.0 Å². The van der Waals surface area contributed by atoms with E-state index in [4.69, 9.17) is 4.18 Å². The van der Waals surface area contributed by atoms with E-state index in [0.29, 0.717) is 0 Å². The Balaban J connectivity index is 1.99. The molecule has 0 spiro atoms. The molecule has 0 amide bonds. The quantitative estimate of drug-likeness (QED) is 0.421. The number of rotatable bonds is 4. The maximum absolute atomic E-state index is 5.29. The van der Waals surface area contributed by atoms with E-state index in [-0.39, 0.29) is 0 Å². The first-order valence-corrected chi connectivity index (χ1v) is 5.34. The van der Waals surface area contributed by atoms with Crippen molar-refractivity contribution in [3.63, 3.8) is 0 Å². The number of aryl methyl sites for hydroxylation is 1. The molecule has 0 fully saturated rings. The Hall–Kier alpha value is -0.770. The summed E-state index contributed by atoms with van der Waals surface area (Å²) >= 11 is 1.25. The minimum Gasteiger partial charge on any atom is -0.397 e. The SMILES string of the molecule is CCCCCc1cnc2nc1OS2. The molecule has 0 saturated carbocycles. The molecule has 2 heterocycles. The second-order valence-corrected chi connectivity index (χ2v) is 3.81. The molecule has 1 aliphatic rings. The fourth-order valence-electron chi connectivity index (χ4n) is 1.30. The van der Waals surface area contributed by atoms with Crippen LogP contribution in [0.4, 0.5) is 0 Å². The Bertz CT molecular complexity index is 304. The number of fused-ring (bicyclic) bond motifs is 2. The van der Waals surface area contributed by atoms with Gasteiger partial charge in [-0.3, -0.25) is 0 Å². The predicted octanol–water partition coefficient (Wildman–Crippen LogP) is 2.61. The van der Waals surface area contributed by atoms with Crippen LogP contribution in [-0.4, -0.2) is 9.97 Å². The molecule has 70 valence electrons. The van der Waals surface area contributed by atoms with Gasteiger partial charge in [0.2, 0.25) is 11.0 Å². The second-order valence-electron chi connectivity index (χ2n) is 3.11. The summed E-state index contributed by atoms with van der Waals surface area (Å²) in [6, 6.07) is 0. The summed E-state index contributed by atoms with van der Waals surface area (Å²) in [7, 11) is 0. The first-order chi connectivity index (χ1) is 6.40. The predicted molar refractivity (Wildman–Crippen MR) is 51.7 cm³/mol. The minimum atomic E-state index is 0.731. The number of unbranched alkanes of at least 4 members (excludes halogenated alkanes) is 2. The summed E-state index contributed by atoms with van der Waals surface area (Å²) in [5, 5.41) is 0.731. The summed E-state index contributed by atoms with van der Waals surface area (Å²) < 4.78 is 5.29. The summed E-state index contributed by atoms with van der Waals surface area (Å²) in [5.41, 5.74) is 1.14. The largest absolute Gasteiger partial charge is 0.397 e. The molecule has 1 aliphatic heterocycles. The van der Waals surface area contributed by atoms with Gasteiger partial charge in [0, 0.05) is 11.8 Å². The molecule has 2 bridgehead atoms. The van der Waals surface area contributed by atoms with Crippen molar-refractivity contribution in [1.29, 1.82) is 0 Å². The molecule has 4 heteroatoms. The molecule has 1 aromatic heterocycles. The Kier molecular flexibility index (Phi) is 2.68. The lowest BCUT2D eigenvalue weighted by Crippen LogP contribution is -1.90. The van der Waals surface area contributed by atoms with Gasteiger partial charge >= 0.3 is 0 Å². The fourth-order valence-corrected chi connectivity index (χ4v) is 1.82. The fraction of sp³-hybridized carbons (Fsp3) is 0.556. The Morgan fingerprint density at radius 1 is 1.46 bits per heavy atom. The molecule has 0 unspecified atom stereocenters. The highest BCUT2D eigenvalue weighted by molar-refractivity contribution is 7.95. The standard InChI is InChI=1S/C9H12N2OS/c1-2-3-4-5-7-6-10-9-11-8(7)12-13-9/h6H,2-5H2,1H3. The summed E-state index contributed by atoms with van der Waals surface area (Å²) in [6.45, 7) is 2.20. The number of hydrogen-bond acceptors (Lipinski definition) is 4. The van der Waals surface area contributed by atoms with E-state index in [1.165, 1.54) is 31.3 Å². The van der Waals surface area contributed by atoms with Crippen LogP contribution >= 0.6 is 12.0 Å². The minimum absolute atomic E-state index is 0.731. The molecule has 2 rings (SSSR count). The van der Waals surface area contributed by atoms with E-state index in [1.807, 2.05) is 6.20 Å². The first kappa shape index (κ1) is 8.81. The summed E-state index contributed by atoms with van der Waals surface area (Å²) in [4.78, 5) is 8.35. The third kappa shape index (κ3) is 1.94. The van der Waals surface area contributed by atoms with Crippen LogP contribution in [-0.2, 0) is 6.42 Å². The molecule has 0 aliphatic carbocycles. The monoisotopic (exact) mass is 196 g/mol. The van der Waals surface area contributed by atoms with E-state index in [9.17, 15) is 0 Å². The molecule has 0 aromatic carbocycles. The maximum Gasteiger partial charge on any atom is 0.235 e. The van der Waals surface area contributed by atoms with Crippen molar-refractivity contribution < 1.29 is 4.18 Å². The van der Waals surface area contributed by atoms with Gasteiger partial charge in [-0.05, 0) is 12.8 Å². The van der Waals surface area contributed by atoms with Crippen LogP contribution in [0.2, 0.25) is 0 Å². The summed E-state index contributed by atoms with van der Waals surface area (Å²) in [6.07, 6.45) is 6.61. The van der Waals surface area contributed by atoms with Crippen LogP contribution in [0, 0.1) is 0 Å². The zero-order chi connectivity index (χ0) is 9.10. The third-order valence-corrected chi connectivity index (χ3v) is 2.63. The van der Waals surface area contributed by atoms with Crippen molar-refractivity contribution in [2.75, 3.05) is 0 Å². The molecule has 3 nitrogen and oxygen atoms in total. The Labute approximate surface area is 82.1 Å². The average Bonchev–Trinajstić information content (AvgIpc) is 2.53. The van der Waals surface area contributed by atoms with Gasteiger partial charge in [-0.15, -0.1) is 0 Å². The highest BCUT2D eigenvalue weighted by atomic mass is 32.2. The third-order valence-electron chi connectivity index (χ3n) is 2.05. The van der Waals surface area contributed by atoms with E-state index in [1.54, 1.807) is 0 Å². The van der Waals surface area contributed by atoms with E-state index >= 15 is 0 Å². The highest BCUT2D eigenvalue weighted by Crippen LogP contribution is 2.31. The van der Waals surface area contributed by atoms with Gasteiger partial charge in [0.05, 0.1) is 0 Å². The molecule has 1 aromatic rings. The van der Waals surface area contributed by atoms with Gasteiger partial charge in [-0.1, -0.05) is 19.8 Å². The number of hydrogen-bond donors (Lipinski definition) is 0. The lowest BCUT2D eigenvalue weighted by Gasteiger charge is -1.99. The molecule has 0 saturated heterocycles. The molecule has 13 heavy (non-hydrogen) atoms. The van der Waals surface area contributed by atoms with Crippen molar-refractivity contribution in [3.8, 4) is 5.88 Å². The lowest BCUT2D eigenvalue weighted by atomic mass is 10.1. The average molecular weight is 196 g/mol. The van der Waals surface area contributed by atoms with Crippen LogP contribution in [0.1, 0.15) is 31.7 Å². The van der Waals surface area contributed by atoms with Gasteiger partial charge in [0.25, 0.3) is 0 Å². The molecule has 0 N–H and O–H groups in total. The van der Waals surface area contributed by atoms with Crippen LogP contribution in [0.25, 0.3) is 0 Å². The second kappa shape index (κ2) is 3.96. The zero-order valence-electron chi connectivity index (χ0n) is 7.62. The van der Waals surface area contributed by atoms with Crippen molar-refractivity contribution in [2.45, 2.75) is 37.8 Å². The maximum atomic E-state index is 5.29. The van der Waals surface area contributed by atoms with Crippen molar-refractivity contribution >= 4 is 12.0 Å². The van der Waals surface area contributed by atoms with Crippen LogP contribution < -0.4 is 4.18 Å². The van der Waals surface area contributed by atoms with Gasteiger partial charge in [-0.25, -0.2) is 4.98 Å². The topological polar surface area (TPSA) is 35.0 Å². The van der Waals surface area contributed by atoms with Crippen LogP contribution in [0.3, 0.4) is 0 Å². The van der Waals surface area contributed by atoms with E-state index < -0.39 is 0 Å². The van der Waals surface area contributed by atoms with Crippen LogP contribution in [0.5, 0.6) is 5.88 Å². The van der Waals surface area contributed by atoms with E-state index in [0.717, 1.165) is 23.0 Å². The Morgan fingerprint density at radius 3 is 3.23 bits per heavy atom. The van der Waals surface area contributed by atoms with Gasteiger partial charge < -0.3 is 4.18 Å². The first-order valence-electron chi connectivity index (χ1n) is 4.60. The lowest BCUT2D eigenvalue weighted by molar-refractivity contribution is 0.613. The van der Waals surface area contributed by atoms with Crippen molar-refractivity contribution in [2.24, 2.45) is 0 Å². The summed E-state index contributed by atoms with van der Waals surface area (Å²) in [5.74, 6) is 0.770. The van der Waals surface area contributed by atoms with Crippen molar-refractivity contribution in [3.05, 3.63) is 11.8 Å². The van der Waals surface area contributed by atoms with Crippen molar-refractivity contribution in [1.82, 2.24) is 9.97 Å². The molecule has 0 atom stereocenters. The van der Waals surface area contributed by atoms with Gasteiger partial charge in [0.15, 0.2) is 0 Å².